The Kier molecular flexibility index (Phi) is 6.54. The molecular weight excluding hydrogens is 380 g/mol. The fourth-order valence-electron chi connectivity index (χ4n) is 5.24. The first-order valence-electron chi connectivity index (χ1n) is 11.2. The van der Waals surface area contributed by atoms with Crippen LogP contribution in [0, 0.1) is 10.8 Å². The largest absolute Gasteiger partial charge is 0.430 e. The summed E-state index contributed by atoms with van der Waals surface area (Å²) in [6, 6.07) is 2.48. The summed E-state index contributed by atoms with van der Waals surface area (Å²) >= 11 is 0. The van der Waals surface area contributed by atoms with Crippen molar-refractivity contribution >= 4 is 6.09 Å². The van der Waals surface area contributed by atoms with Gasteiger partial charge in [-0.15, -0.1) is 0 Å². The maximum atomic E-state index is 11.9. The molecule has 1 saturated carbocycles. The topological polar surface area (TPSA) is 68.6 Å². The monoisotopic (exact) mass is 420 g/mol. The van der Waals surface area contributed by atoms with Gasteiger partial charge in [-0.25, -0.2) is 4.79 Å². The van der Waals surface area contributed by atoms with Gasteiger partial charge in [-0.1, -0.05) is 34.6 Å². The molecule has 2 heterocycles. The molecule has 0 aromatic carbocycles. The fraction of sp³-hybridized carbons (Fsp3) is 0.826. The van der Waals surface area contributed by atoms with Crippen LogP contribution in [0.4, 0.5) is 4.79 Å². The molecule has 1 N–H and O–H groups in total. The van der Waals surface area contributed by atoms with Gasteiger partial charge in [0.25, 0.3) is 0 Å². The Balaban J connectivity index is 1.66. The smallest absolute Gasteiger partial charge is 0.408 e. The molecule has 1 aromatic heterocycles. The highest BCUT2D eigenvalue weighted by molar-refractivity contribution is 5.66. The minimum atomic E-state index is -0.410. The van der Waals surface area contributed by atoms with Crippen LogP contribution in [0.2, 0.25) is 0 Å². The summed E-state index contributed by atoms with van der Waals surface area (Å²) in [7, 11) is 3.59. The van der Waals surface area contributed by atoms with Crippen molar-refractivity contribution in [2.45, 2.75) is 91.1 Å². The summed E-state index contributed by atoms with van der Waals surface area (Å²) in [5.74, 6) is 0. The first kappa shape index (κ1) is 23.1. The lowest BCUT2D eigenvalue weighted by molar-refractivity contribution is -0.0710. The van der Waals surface area contributed by atoms with Gasteiger partial charge in [0.2, 0.25) is 0 Å². The summed E-state index contributed by atoms with van der Waals surface area (Å²) in [5.41, 5.74) is 1.30. The molecule has 1 aliphatic heterocycles. The lowest BCUT2D eigenvalue weighted by Gasteiger charge is -2.39. The number of carbonyl (C=O) groups excluding carboxylic acids is 1. The molecule has 0 bridgehead atoms. The van der Waals surface area contributed by atoms with Crippen molar-refractivity contribution in [2.24, 2.45) is 10.8 Å². The normalized spacial score (nSPS) is 27.4. The average Bonchev–Trinajstić information content (AvgIpc) is 3.23. The van der Waals surface area contributed by atoms with E-state index in [-0.39, 0.29) is 17.2 Å². The second-order valence-corrected chi connectivity index (χ2v) is 11.1. The third-order valence-corrected chi connectivity index (χ3v) is 6.51. The van der Waals surface area contributed by atoms with Gasteiger partial charge >= 0.3 is 6.09 Å². The summed E-state index contributed by atoms with van der Waals surface area (Å²) < 4.78 is 14.1. The van der Waals surface area contributed by atoms with E-state index in [2.05, 4.69) is 60.7 Å². The standard InChI is InChI=1S/C23H40N4O3/c1-21(2,3)19(30-20(28)24-6)26(7)14-18-10-13-25-27(18)17-8-11-23(12-9-17)15-22(4,5)16-29-23/h10,13,17,19H,8-9,11-12,14-16H2,1-7H3,(H,24,28). The number of hydrogen-bond donors (Lipinski definition) is 1. The number of alkyl carbamates (subject to hydrolysis) is 1. The van der Waals surface area contributed by atoms with E-state index in [0.717, 1.165) is 44.4 Å². The summed E-state index contributed by atoms with van der Waals surface area (Å²) in [6.45, 7) is 12.4. The molecule has 2 fully saturated rings. The van der Waals surface area contributed by atoms with Gasteiger partial charge in [-0.3, -0.25) is 9.58 Å². The Morgan fingerprint density at radius 1 is 1.40 bits per heavy atom. The highest BCUT2D eigenvalue weighted by Gasteiger charge is 2.46. The van der Waals surface area contributed by atoms with Crippen molar-refractivity contribution in [2.75, 3.05) is 20.7 Å². The number of aromatic nitrogens is 2. The predicted molar refractivity (Wildman–Crippen MR) is 117 cm³/mol. The van der Waals surface area contributed by atoms with E-state index in [9.17, 15) is 4.79 Å². The Bertz CT molecular complexity index is 729. The van der Waals surface area contributed by atoms with Crippen LogP contribution in [0.15, 0.2) is 12.3 Å². The molecule has 30 heavy (non-hydrogen) atoms. The molecule has 7 nitrogen and oxygen atoms in total. The van der Waals surface area contributed by atoms with E-state index >= 15 is 0 Å². The van der Waals surface area contributed by atoms with E-state index in [0.29, 0.717) is 18.0 Å². The zero-order valence-corrected chi connectivity index (χ0v) is 19.8. The number of nitrogens with zero attached hydrogens (tertiary/aromatic N) is 3. The molecule has 3 rings (SSSR count). The van der Waals surface area contributed by atoms with Gasteiger partial charge in [0.15, 0.2) is 6.23 Å². The van der Waals surface area contributed by atoms with E-state index in [1.54, 1.807) is 7.05 Å². The molecular formula is C23H40N4O3. The highest BCUT2D eigenvalue weighted by atomic mass is 16.6. The van der Waals surface area contributed by atoms with Gasteiger partial charge in [0.1, 0.15) is 0 Å². The zero-order chi connectivity index (χ0) is 22.2. The molecule has 1 atom stereocenters. The molecule has 2 aliphatic rings. The molecule has 1 aromatic rings. The number of ether oxygens (including phenoxy) is 2. The lowest BCUT2D eigenvalue weighted by Crippen LogP contribution is -2.46. The molecule has 1 saturated heterocycles. The number of nitrogens with one attached hydrogen (secondary N) is 1. The third-order valence-electron chi connectivity index (χ3n) is 6.51. The number of hydrogen-bond acceptors (Lipinski definition) is 5. The SMILES string of the molecule is CNC(=O)OC(N(C)Cc1ccnn1C1CCC2(CC1)CC(C)(C)CO2)C(C)(C)C. The zero-order valence-electron chi connectivity index (χ0n) is 19.8. The number of rotatable bonds is 5. The minimum absolute atomic E-state index is 0.0722. The maximum absolute atomic E-state index is 11.9. The molecule has 0 radical (unpaired) electrons. The van der Waals surface area contributed by atoms with E-state index in [1.165, 1.54) is 0 Å². The van der Waals surface area contributed by atoms with Crippen LogP contribution < -0.4 is 5.32 Å². The first-order valence-corrected chi connectivity index (χ1v) is 11.2. The molecule has 7 heteroatoms. The van der Waals surface area contributed by atoms with Crippen LogP contribution in [0.1, 0.15) is 78.5 Å². The van der Waals surface area contributed by atoms with E-state index in [1.807, 2.05) is 13.2 Å². The Morgan fingerprint density at radius 2 is 2.07 bits per heavy atom. The van der Waals surface area contributed by atoms with Crippen molar-refractivity contribution in [1.82, 2.24) is 20.0 Å². The van der Waals surface area contributed by atoms with E-state index in [4.69, 9.17) is 9.47 Å². The van der Waals surface area contributed by atoms with Gasteiger partial charge < -0.3 is 14.8 Å². The average molecular weight is 421 g/mol. The molecule has 1 aliphatic carbocycles. The van der Waals surface area contributed by atoms with Crippen LogP contribution in [0.5, 0.6) is 0 Å². The number of amides is 1. The Morgan fingerprint density at radius 3 is 2.60 bits per heavy atom. The van der Waals surface area contributed by atoms with Crippen molar-refractivity contribution in [3.05, 3.63) is 18.0 Å². The molecule has 1 amide bonds. The van der Waals surface area contributed by atoms with Gasteiger partial charge in [0.05, 0.1) is 23.9 Å². The summed E-state index contributed by atoms with van der Waals surface area (Å²) in [5, 5.41) is 7.22. The van der Waals surface area contributed by atoms with Crippen LogP contribution in [0.3, 0.4) is 0 Å². The van der Waals surface area contributed by atoms with Gasteiger partial charge in [-0.05, 0) is 50.6 Å². The van der Waals surface area contributed by atoms with Crippen LogP contribution in [0.25, 0.3) is 0 Å². The second kappa shape index (κ2) is 8.50. The quantitative estimate of drug-likeness (QED) is 0.718. The van der Waals surface area contributed by atoms with E-state index < -0.39 is 6.09 Å². The van der Waals surface area contributed by atoms with Gasteiger partial charge in [-0.2, -0.15) is 5.10 Å². The van der Waals surface area contributed by atoms with Crippen LogP contribution in [-0.2, 0) is 16.0 Å². The Labute approximate surface area is 181 Å². The molecule has 1 spiro atoms. The summed E-state index contributed by atoms with van der Waals surface area (Å²) in [6.07, 6.45) is 6.66. The van der Waals surface area contributed by atoms with Crippen LogP contribution >= 0.6 is 0 Å². The lowest BCUT2D eigenvalue weighted by atomic mass is 9.75. The third kappa shape index (κ3) is 5.17. The number of carbonyl (C=O) groups is 1. The maximum Gasteiger partial charge on any atom is 0.408 e. The van der Waals surface area contributed by atoms with Crippen LogP contribution in [-0.4, -0.2) is 53.3 Å². The Hall–Kier alpha value is -1.60. The molecule has 170 valence electrons. The van der Waals surface area contributed by atoms with Gasteiger partial charge in [0, 0.05) is 25.2 Å². The van der Waals surface area contributed by atoms with Crippen molar-refractivity contribution in [1.29, 1.82) is 0 Å². The highest BCUT2D eigenvalue weighted by Crippen LogP contribution is 2.48. The van der Waals surface area contributed by atoms with Crippen molar-refractivity contribution in [3.8, 4) is 0 Å². The first-order chi connectivity index (χ1) is 13.9. The second-order valence-electron chi connectivity index (χ2n) is 11.1. The predicted octanol–water partition coefficient (Wildman–Crippen LogP) is 4.34. The van der Waals surface area contributed by atoms with Crippen molar-refractivity contribution in [3.63, 3.8) is 0 Å². The molecule has 1 unspecified atom stereocenters. The van der Waals surface area contributed by atoms with Crippen molar-refractivity contribution < 1.29 is 14.3 Å². The fourth-order valence-corrected chi connectivity index (χ4v) is 5.24. The minimum Gasteiger partial charge on any atom is -0.430 e. The summed E-state index contributed by atoms with van der Waals surface area (Å²) in [4.78, 5) is 14.0.